The van der Waals surface area contributed by atoms with Crippen molar-refractivity contribution < 1.29 is 34.5 Å². The van der Waals surface area contributed by atoms with E-state index in [1.807, 2.05) is 0 Å². The molecule has 0 aromatic heterocycles. The minimum Gasteiger partial charge on any atom is -0.481 e. The number of hydrogen-bond donors (Lipinski definition) is 5. The molecule has 8 N–H and O–H groups in total. The largest absolute Gasteiger partial charge is 0.481 e. The average Bonchev–Trinajstić information content (AvgIpc) is 2.14. The maximum absolute atomic E-state index is 9.99. The molecule has 0 heterocycles. The van der Waals surface area contributed by atoms with E-state index in [1.165, 1.54) is 0 Å². The van der Waals surface area contributed by atoms with Gasteiger partial charge in [0, 0.05) is 13.3 Å². The third-order valence-electron chi connectivity index (χ3n) is 1.29. The molecule has 0 bridgehead atoms. The summed E-state index contributed by atoms with van der Waals surface area (Å²) in [5, 5.41) is 23.9. The van der Waals surface area contributed by atoms with E-state index in [-0.39, 0.29) is 19.0 Å². The van der Waals surface area contributed by atoms with Crippen molar-refractivity contribution in [3.63, 3.8) is 0 Å². The Morgan fingerprint density at radius 1 is 1.12 bits per heavy atom. The Hall–Kier alpha value is -2.00. The Balaban J connectivity index is -0.000000244. The molecule has 0 aliphatic heterocycles. The molecule has 0 aromatic rings. The lowest BCUT2D eigenvalue weighted by Crippen LogP contribution is -2.30. The fourth-order valence-corrected chi connectivity index (χ4v) is 0.402. The van der Waals surface area contributed by atoms with Gasteiger partial charge in [0.05, 0.1) is 0 Å². The highest BCUT2D eigenvalue weighted by molar-refractivity contribution is 6.31. The normalized spacial score (nSPS) is 10.0. The van der Waals surface area contributed by atoms with Gasteiger partial charge in [-0.15, -0.1) is 0 Å². The van der Waals surface area contributed by atoms with Crippen LogP contribution in [-0.2, 0) is 19.2 Å². The van der Waals surface area contributed by atoms with Crippen molar-refractivity contribution >= 4 is 23.7 Å². The van der Waals surface area contributed by atoms with Crippen LogP contribution in [0, 0.1) is 0 Å². The third-order valence-corrected chi connectivity index (χ3v) is 1.29. The molecule has 9 heteroatoms. The Labute approximate surface area is 96.8 Å². The molecule has 0 saturated heterocycles. The van der Waals surface area contributed by atoms with Crippen LogP contribution in [0.25, 0.3) is 0 Å². The molecule has 0 rings (SSSR count). The van der Waals surface area contributed by atoms with E-state index in [2.05, 4.69) is 0 Å². The van der Waals surface area contributed by atoms with Crippen molar-refractivity contribution in [2.75, 3.05) is 0 Å². The van der Waals surface area contributed by atoms with Gasteiger partial charge >= 0.3 is 17.9 Å². The van der Waals surface area contributed by atoms with Crippen LogP contribution in [0.15, 0.2) is 0 Å². The molecular weight excluding hydrogens is 236 g/mol. The second-order valence-corrected chi connectivity index (χ2v) is 2.74. The van der Waals surface area contributed by atoms with Gasteiger partial charge in [-0.3, -0.25) is 14.4 Å². The van der Waals surface area contributed by atoms with Gasteiger partial charge in [-0.05, 0) is 6.42 Å². The standard InChI is InChI=1S/C5H9NO4.C3H4O3.H3N/c6-3(5(9)10)1-2-4(7)8;1-2(4)3(5)6;/h3H,1-2,6H2,(H,7,8)(H,9,10);1H3,(H,5,6);1H3/t3-;;/m0../s1. The van der Waals surface area contributed by atoms with Crippen molar-refractivity contribution in [1.82, 2.24) is 6.15 Å². The first-order chi connectivity index (χ1) is 7.18. The summed E-state index contributed by atoms with van der Waals surface area (Å²) in [6.45, 7) is 1.00. The van der Waals surface area contributed by atoms with Crippen LogP contribution >= 0.6 is 0 Å². The molecule has 0 fully saturated rings. The number of carboxylic acid groups (broad SMARTS) is 3. The van der Waals surface area contributed by atoms with E-state index in [0.717, 1.165) is 6.92 Å². The molecule has 1 atom stereocenters. The number of ketones is 1. The summed E-state index contributed by atoms with van der Waals surface area (Å²) in [7, 11) is 0. The first kappa shape index (κ1) is 20.4. The van der Waals surface area contributed by atoms with Crippen molar-refractivity contribution in [3.05, 3.63) is 0 Å². The molecule has 0 amide bonds. The predicted molar refractivity (Wildman–Crippen MR) is 55.8 cm³/mol. The van der Waals surface area contributed by atoms with Gasteiger partial charge in [0.25, 0.3) is 0 Å². The van der Waals surface area contributed by atoms with Crippen LogP contribution < -0.4 is 11.9 Å². The van der Waals surface area contributed by atoms with Crippen LogP contribution in [0.4, 0.5) is 0 Å². The number of aliphatic carboxylic acids is 3. The van der Waals surface area contributed by atoms with Crippen molar-refractivity contribution in [3.8, 4) is 0 Å². The fraction of sp³-hybridized carbons (Fsp3) is 0.500. The quantitative estimate of drug-likeness (QED) is 0.385. The zero-order valence-electron chi connectivity index (χ0n) is 9.25. The van der Waals surface area contributed by atoms with Gasteiger partial charge in [-0.1, -0.05) is 0 Å². The first-order valence-electron chi connectivity index (χ1n) is 4.12. The molecule has 0 radical (unpaired) electrons. The lowest BCUT2D eigenvalue weighted by Gasteiger charge is -2.01. The van der Waals surface area contributed by atoms with E-state index < -0.39 is 29.7 Å². The zero-order valence-corrected chi connectivity index (χ0v) is 9.25. The summed E-state index contributed by atoms with van der Waals surface area (Å²) >= 11 is 0. The highest BCUT2D eigenvalue weighted by Gasteiger charge is 2.12. The van der Waals surface area contributed by atoms with Crippen LogP contribution in [0.5, 0.6) is 0 Å². The van der Waals surface area contributed by atoms with Crippen molar-refractivity contribution in [1.29, 1.82) is 0 Å². The van der Waals surface area contributed by atoms with E-state index in [0.29, 0.717) is 0 Å². The van der Waals surface area contributed by atoms with Crippen LogP contribution in [-0.4, -0.2) is 45.1 Å². The maximum atomic E-state index is 9.99. The summed E-state index contributed by atoms with van der Waals surface area (Å²) < 4.78 is 0. The molecule has 0 aliphatic carbocycles. The second kappa shape index (κ2) is 10.5. The molecule has 0 aliphatic rings. The SMILES string of the molecule is CC(=O)C(=O)O.N.N[C@@H](CCC(=O)O)C(=O)O. The molecule has 0 spiro atoms. The lowest BCUT2D eigenvalue weighted by atomic mass is 10.2. The number of rotatable bonds is 5. The Bertz CT molecular complexity index is 278. The number of carbonyl (C=O) groups excluding carboxylic acids is 1. The van der Waals surface area contributed by atoms with Crippen LogP contribution in [0.1, 0.15) is 19.8 Å². The molecule has 100 valence electrons. The summed E-state index contributed by atoms with van der Waals surface area (Å²) in [6, 6.07) is -1.06. The maximum Gasteiger partial charge on any atom is 0.371 e. The molecule has 0 unspecified atom stereocenters. The van der Waals surface area contributed by atoms with Gasteiger partial charge < -0.3 is 27.2 Å². The van der Waals surface area contributed by atoms with Crippen molar-refractivity contribution in [2.24, 2.45) is 5.73 Å². The molecule has 0 saturated carbocycles. The Morgan fingerprint density at radius 3 is 1.65 bits per heavy atom. The number of Topliss-reactive ketones (excluding diaryl/α,β-unsaturated/α-hetero) is 1. The van der Waals surface area contributed by atoms with E-state index in [1.54, 1.807) is 0 Å². The van der Waals surface area contributed by atoms with Gasteiger partial charge in [-0.2, -0.15) is 0 Å². The van der Waals surface area contributed by atoms with E-state index in [9.17, 15) is 19.2 Å². The zero-order chi connectivity index (χ0) is 13.3. The summed E-state index contributed by atoms with van der Waals surface area (Å²) in [4.78, 5) is 38.8. The number of hydrogen-bond acceptors (Lipinski definition) is 6. The molecule has 17 heavy (non-hydrogen) atoms. The van der Waals surface area contributed by atoms with Gasteiger partial charge in [0.15, 0.2) is 0 Å². The second-order valence-electron chi connectivity index (χ2n) is 2.74. The average molecular weight is 252 g/mol. The van der Waals surface area contributed by atoms with E-state index >= 15 is 0 Å². The highest BCUT2D eigenvalue weighted by atomic mass is 16.4. The third kappa shape index (κ3) is 16.7. The Kier molecular flexibility index (Phi) is 12.6. The summed E-state index contributed by atoms with van der Waals surface area (Å²) in [6.07, 6.45) is -0.224. The number of carbonyl (C=O) groups is 4. The summed E-state index contributed by atoms with van der Waals surface area (Å²) in [5.74, 6) is -4.40. The molecular formula is C8H16N2O7. The number of carboxylic acids is 3. The van der Waals surface area contributed by atoms with Crippen LogP contribution in [0.3, 0.4) is 0 Å². The van der Waals surface area contributed by atoms with Gasteiger partial charge in [0.1, 0.15) is 6.04 Å². The highest BCUT2D eigenvalue weighted by Crippen LogP contribution is 1.93. The van der Waals surface area contributed by atoms with Gasteiger partial charge in [0.2, 0.25) is 5.78 Å². The minimum absolute atomic E-state index is 0. The monoisotopic (exact) mass is 252 g/mol. The van der Waals surface area contributed by atoms with E-state index in [4.69, 9.17) is 21.1 Å². The van der Waals surface area contributed by atoms with Gasteiger partial charge in [-0.25, -0.2) is 4.79 Å². The predicted octanol–water partition coefficient (Wildman–Crippen LogP) is -0.915. The number of nitrogens with two attached hydrogens (primary N) is 1. The molecule has 0 aromatic carbocycles. The summed E-state index contributed by atoms with van der Waals surface area (Å²) in [5.41, 5.74) is 5.00. The fourth-order valence-electron chi connectivity index (χ4n) is 0.402. The topological polar surface area (TPSA) is 190 Å². The lowest BCUT2D eigenvalue weighted by molar-refractivity contribution is -0.148. The van der Waals surface area contributed by atoms with Crippen LogP contribution in [0.2, 0.25) is 0 Å². The molecule has 9 nitrogen and oxygen atoms in total. The first-order valence-corrected chi connectivity index (χ1v) is 4.12. The van der Waals surface area contributed by atoms with Crippen molar-refractivity contribution in [2.45, 2.75) is 25.8 Å². The Morgan fingerprint density at radius 2 is 1.47 bits per heavy atom. The smallest absolute Gasteiger partial charge is 0.371 e. The minimum atomic E-state index is -1.38.